The molecule has 2 aromatic heterocycles. The number of hydrogen-bond donors (Lipinski definition) is 1. The number of thiophene rings is 1. The largest absolute Gasteiger partial charge is 0.465 e. The van der Waals surface area contributed by atoms with Gasteiger partial charge in [-0.3, -0.25) is 9.59 Å². The van der Waals surface area contributed by atoms with Gasteiger partial charge in [0.05, 0.1) is 21.7 Å². The molecule has 0 bridgehead atoms. The van der Waals surface area contributed by atoms with Crippen molar-refractivity contribution >= 4 is 34.8 Å². The lowest BCUT2D eigenvalue weighted by Gasteiger charge is -2.30. The van der Waals surface area contributed by atoms with E-state index in [-0.39, 0.29) is 24.4 Å². The van der Waals surface area contributed by atoms with Crippen LogP contribution in [0.3, 0.4) is 0 Å². The van der Waals surface area contributed by atoms with Crippen molar-refractivity contribution in [3.63, 3.8) is 0 Å². The number of amides is 1. The normalized spacial score (nSPS) is 15.0. The molecule has 0 saturated carbocycles. The van der Waals surface area contributed by atoms with E-state index in [0.717, 1.165) is 5.56 Å². The standard InChI is InChI=1S/C17H18ClN3O4S/c18-14-2-1-13(26-14)15(22)21-6-3-12(4-7-21)16(23)25-8-5-11-9-19-17(24)20-10-11/h1-2,9-10,12H,3-8H2,(H,19,20,24). The van der Waals surface area contributed by atoms with Gasteiger partial charge in [0, 0.05) is 31.9 Å². The number of esters is 1. The number of halogens is 1. The first-order valence-corrected chi connectivity index (χ1v) is 9.47. The summed E-state index contributed by atoms with van der Waals surface area (Å²) in [5.74, 6) is -0.479. The molecule has 26 heavy (non-hydrogen) atoms. The Morgan fingerprint density at radius 3 is 2.73 bits per heavy atom. The molecule has 0 aliphatic carbocycles. The number of piperidine rings is 1. The first-order chi connectivity index (χ1) is 12.5. The maximum atomic E-state index is 12.4. The van der Waals surface area contributed by atoms with Gasteiger partial charge < -0.3 is 14.6 Å². The number of ether oxygens (including phenoxy) is 1. The Kier molecular flexibility index (Phi) is 6.05. The van der Waals surface area contributed by atoms with Crippen LogP contribution in [0.15, 0.2) is 29.3 Å². The second-order valence-corrected chi connectivity index (χ2v) is 7.73. The maximum Gasteiger partial charge on any atom is 0.344 e. The summed E-state index contributed by atoms with van der Waals surface area (Å²) in [5.41, 5.74) is 0.393. The van der Waals surface area contributed by atoms with E-state index in [4.69, 9.17) is 16.3 Å². The van der Waals surface area contributed by atoms with E-state index in [2.05, 4.69) is 9.97 Å². The summed E-state index contributed by atoms with van der Waals surface area (Å²) in [5, 5.41) is 0. The van der Waals surface area contributed by atoms with Gasteiger partial charge in [-0.15, -0.1) is 11.3 Å². The van der Waals surface area contributed by atoms with Crippen molar-refractivity contribution < 1.29 is 14.3 Å². The highest BCUT2D eigenvalue weighted by atomic mass is 35.5. The maximum absolute atomic E-state index is 12.4. The Balaban J connectivity index is 1.42. The van der Waals surface area contributed by atoms with E-state index in [1.165, 1.54) is 17.5 Å². The summed E-state index contributed by atoms with van der Waals surface area (Å²) in [6.45, 7) is 1.29. The first-order valence-electron chi connectivity index (χ1n) is 8.28. The van der Waals surface area contributed by atoms with Crippen LogP contribution in [-0.2, 0) is 16.0 Å². The van der Waals surface area contributed by atoms with E-state index in [9.17, 15) is 14.4 Å². The molecular formula is C17H18ClN3O4S. The third-order valence-corrected chi connectivity index (χ3v) is 5.48. The van der Waals surface area contributed by atoms with Gasteiger partial charge in [-0.2, -0.15) is 0 Å². The van der Waals surface area contributed by atoms with Crippen LogP contribution in [0.4, 0.5) is 0 Å². The minimum atomic E-state index is -0.406. The molecule has 1 saturated heterocycles. The van der Waals surface area contributed by atoms with Gasteiger partial charge in [0.1, 0.15) is 0 Å². The van der Waals surface area contributed by atoms with Crippen LogP contribution in [0.2, 0.25) is 4.34 Å². The Bertz CT molecular complexity index is 822. The van der Waals surface area contributed by atoms with Crippen LogP contribution in [0.5, 0.6) is 0 Å². The van der Waals surface area contributed by atoms with Gasteiger partial charge in [-0.25, -0.2) is 9.78 Å². The molecule has 1 aliphatic rings. The molecule has 3 heterocycles. The predicted octanol–water partition coefficient (Wildman–Crippen LogP) is 2.12. The van der Waals surface area contributed by atoms with Crippen molar-refractivity contribution in [3.8, 4) is 0 Å². The molecule has 0 radical (unpaired) electrons. The molecule has 0 aromatic carbocycles. The molecule has 7 nitrogen and oxygen atoms in total. The topological polar surface area (TPSA) is 92.4 Å². The number of nitrogens with one attached hydrogen (secondary N) is 1. The Hall–Kier alpha value is -2.19. The second kappa shape index (κ2) is 8.46. The number of rotatable bonds is 5. The number of nitrogens with zero attached hydrogens (tertiary/aromatic N) is 2. The highest BCUT2D eigenvalue weighted by Crippen LogP contribution is 2.25. The third kappa shape index (κ3) is 4.70. The SMILES string of the molecule is O=C(OCCc1cnc(=O)[nH]c1)C1CCN(C(=O)c2ccc(Cl)s2)CC1. The Labute approximate surface area is 159 Å². The lowest BCUT2D eigenvalue weighted by atomic mass is 9.97. The molecule has 0 spiro atoms. The summed E-state index contributed by atoms with van der Waals surface area (Å²) in [6, 6.07) is 3.43. The quantitative estimate of drug-likeness (QED) is 0.783. The third-order valence-electron chi connectivity index (χ3n) is 4.26. The van der Waals surface area contributed by atoms with Crippen molar-refractivity contribution in [2.75, 3.05) is 19.7 Å². The van der Waals surface area contributed by atoms with Crippen LogP contribution in [-0.4, -0.2) is 46.4 Å². The van der Waals surface area contributed by atoms with E-state index in [1.54, 1.807) is 23.2 Å². The molecular weight excluding hydrogens is 378 g/mol. The van der Waals surface area contributed by atoms with Crippen LogP contribution >= 0.6 is 22.9 Å². The zero-order chi connectivity index (χ0) is 18.5. The average Bonchev–Trinajstić information content (AvgIpc) is 3.09. The van der Waals surface area contributed by atoms with Crippen molar-refractivity contribution in [2.24, 2.45) is 5.92 Å². The van der Waals surface area contributed by atoms with Gasteiger partial charge in [-0.05, 0) is 30.5 Å². The van der Waals surface area contributed by atoms with Gasteiger partial charge in [0.2, 0.25) is 0 Å². The zero-order valence-corrected chi connectivity index (χ0v) is 15.5. The fraction of sp³-hybridized carbons (Fsp3) is 0.412. The predicted molar refractivity (Wildman–Crippen MR) is 97.5 cm³/mol. The molecule has 0 unspecified atom stereocenters. The summed E-state index contributed by atoms with van der Waals surface area (Å²) < 4.78 is 5.91. The van der Waals surface area contributed by atoms with E-state index < -0.39 is 5.69 Å². The highest BCUT2D eigenvalue weighted by molar-refractivity contribution is 7.17. The summed E-state index contributed by atoms with van der Waals surface area (Å²) in [4.78, 5) is 43.9. The molecule has 1 aliphatic heterocycles. The van der Waals surface area contributed by atoms with Crippen molar-refractivity contribution in [3.05, 3.63) is 49.8 Å². The lowest BCUT2D eigenvalue weighted by molar-refractivity contribution is -0.149. The number of carbonyl (C=O) groups is 2. The minimum Gasteiger partial charge on any atom is -0.465 e. The fourth-order valence-corrected chi connectivity index (χ4v) is 3.81. The average molecular weight is 396 g/mol. The van der Waals surface area contributed by atoms with E-state index >= 15 is 0 Å². The minimum absolute atomic E-state index is 0.0423. The van der Waals surface area contributed by atoms with Gasteiger partial charge in [0.15, 0.2) is 0 Å². The summed E-state index contributed by atoms with van der Waals surface area (Å²) in [7, 11) is 0. The van der Waals surface area contributed by atoms with Crippen molar-refractivity contribution in [1.82, 2.24) is 14.9 Å². The Morgan fingerprint density at radius 2 is 2.12 bits per heavy atom. The summed E-state index contributed by atoms with van der Waals surface area (Å²) >= 11 is 7.14. The molecule has 0 atom stereocenters. The fourth-order valence-electron chi connectivity index (χ4n) is 2.80. The molecule has 1 N–H and O–H groups in total. The number of carbonyl (C=O) groups excluding carboxylic acids is 2. The number of hydrogen-bond acceptors (Lipinski definition) is 6. The van der Waals surface area contributed by atoms with Crippen LogP contribution in [0.25, 0.3) is 0 Å². The van der Waals surface area contributed by atoms with E-state index in [0.29, 0.717) is 41.6 Å². The molecule has 138 valence electrons. The zero-order valence-electron chi connectivity index (χ0n) is 13.9. The van der Waals surface area contributed by atoms with Gasteiger partial charge in [-0.1, -0.05) is 11.6 Å². The van der Waals surface area contributed by atoms with Crippen LogP contribution < -0.4 is 5.69 Å². The first kappa shape index (κ1) is 18.6. The molecule has 3 rings (SSSR count). The number of likely N-dealkylation sites (tertiary alicyclic amines) is 1. The van der Waals surface area contributed by atoms with Gasteiger partial charge >= 0.3 is 11.7 Å². The number of aromatic nitrogens is 2. The smallest absolute Gasteiger partial charge is 0.344 e. The molecule has 1 amide bonds. The Morgan fingerprint density at radius 1 is 1.35 bits per heavy atom. The van der Waals surface area contributed by atoms with Crippen molar-refractivity contribution in [1.29, 1.82) is 0 Å². The monoisotopic (exact) mass is 395 g/mol. The van der Waals surface area contributed by atoms with E-state index in [1.807, 2.05) is 0 Å². The number of H-pyrrole nitrogens is 1. The van der Waals surface area contributed by atoms with Crippen LogP contribution in [0.1, 0.15) is 28.1 Å². The molecule has 9 heteroatoms. The van der Waals surface area contributed by atoms with Gasteiger partial charge in [0.25, 0.3) is 5.91 Å². The lowest BCUT2D eigenvalue weighted by Crippen LogP contribution is -2.40. The second-order valence-electron chi connectivity index (χ2n) is 6.01. The molecule has 2 aromatic rings. The number of aromatic amines is 1. The summed E-state index contributed by atoms with van der Waals surface area (Å²) in [6.07, 6.45) is 4.69. The van der Waals surface area contributed by atoms with Crippen molar-refractivity contribution in [2.45, 2.75) is 19.3 Å². The highest BCUT2D eigenvalue weighted by Gasteiger charge is 2.29. The molecule has 1 fully saturated rings. The van der Waals surface area contributed by atoms with Crippen LogP contribution in [0, 0.1) is 5.92 Å².